The predicted octanol–water partition coefficient (Wildman–Crippen LogP) is 7.04. The molecule has 29 heavy (non-hydrogen) atoms. The van der Waals surface area contributed by atoms with E-state index < -0.39 is 0 Å². The van der Waals surface area contributed by atoms with Crippen LogP contribution in [0.3, 0.4) is 0 Å². The van der Waals surface area contributed by atoms with Gasteiger partial charge in [-0.3, -0.25) is 0 Å². The van der Waals surface area contributed by atoms with Gasteiger partial charge < -0.3 is 4.90 Å². The second-order valence-corrected chi connectivity index (χ2v) is 8.43. The van der Waals surface area contributed by atoms with Crippen molar-refractivity contribution < 1.29 is 0 Å². The Balaban J connectivity index is 0.00000205. The zero-order chi connectivity index (χ0) is 19.1. The first-order valence-electron chi connectivity index (χ1n) is 9.57. The number of fused-ring (bicyclic) bond motifs is 2. The maximum atomic E-state index is 6.50. The lowest BCUT2D eigenvalue weighted by molar-refractivity contribution is 0.272. The summed E-state index contributed by atoms with van der Waals surface area (Å²) >= 11 is 12.7. The number of aliphatic imine (C=N–C) groups is 1. The Bertz CT molecular complexity index is 1010. The minimum Gasteiger partial charge on any atom is -0.354 e. The van der Waals surface area contributed by atoms with Crippen molar-refractivity contribution in [3.63, 3.8) is 0 Å². The summed E-state index contributed by atoms with van der Waals surface area (Å²) in [6.07, 6.45) is 1.95. The topological polar surface area (TPSA) is 15.6 Å². The minimum absolute atomic E-state index is 0. The molecule has 2 aliphatic rings. The number of rotatable bonds is 2. The molecule has 0 saturated carbocycles. The fourth-order valence-corrected chi connectivity index (χ4v) is 5.12. The van der Waals surface area contributed by atoms with E-state index in [0.29, 0.717) is 10.0 Å². The first-order valence-corrected chi connectivity index (χ1v) is 10.3. The summed E-state index contributed by atoms with van der Waals surface area (Å²) < 4.78 is 0. The molecule has 0 aromatic heterocycles. The van der Waals surface area contributed by atoms with Gasteiger partial charge in [0.15, 0.2) is 0 Å². The molecule has 0 radical (unpaired) electrons. The molecule has 0 N–H and O–H groups in total. The third-order valence-electron chi connectivity index (χ3n) is 5.99. The first-order chi connectivity index (χ1) is 13.7. The van der Waals surface area contributed by atoms with Crippen molar-refractivity contribution in [3.8, 4) is 0 Å². The van der Waals surface area contributed by atoms with E-state index in [-0.39, 0.29) is 17.8 Å². The van der Waals surface area contributed by atoms with Crippen LogP contribution in [0.25, 0.3) is 0 Å². The Kier molecular flexibility index (Phi) is 5.61. The zero-order valence-electron chi connectivity index (χ0n) is 15.8. The molecule has 3 aromatic rings. The molecule has 0 unspecified atom stereocenters. The van der Waals surface area contributed by atoms with Crippen LogP contribution in [0.2, 0.25) is 10.0 Å². The number of benzene rings is 3. The Morgan fingerprint density at radius 3 is 2.10 bits per heavy atom. The quantitative estimate of drug-likeness (QED) is 0.414. The number of hydrogen-bond acceptors (Lipinski definition) is 2. The standard InChI is InChI=1S/C24H20Cl2N2.ClH/c25-19-13-21(26)20-15-28-16-24(17-7-3-1-4-8-17,18-9-5-2-6-10-18)12-11-23(28)27-22(20)14-19;/h1-10,13-14H,11-12,15-16H2;1H. The molecule has 0 spiro atoms. The van der Waals surface area contributed by atoms with Crippen molar-refractivity contribution in [2.24, 2.45) is 4.99 Å². The summed E-state index contributed by atoms with van der Waals surface area (Å²) in [7, 11) is 0. The molecule has 5 rings (SSSR count). The lowest BCUT2D eigenvalue weighted by atomic mass is 9.69. The van der Waals surface area contributed by atoms with Crippen LogP contribution in [-0.2, 0) is 12.0 Å². The van der Waals surface area contributed by atoms with Crippen LogP contribution >= 0.6 is 35.6 Å². The van der Waals surface area contributed by atoms with E-state index in [1.54, 1.807) is 0 Å². The molecular weight excluding hydrogens is 423 g/mol. The van der Waals surface area contributed by atoms with Crippen LogP contribution in [-0.4, -0.2) is 17.3 Å². The Morgan fingerprint density at radius 1 is 0.862 bits per heavy atom. The van der Waals surface area contributed by atoms with E-state index in [0.717, 1.165) is 43.0 Å². The Morgan fingerprint density at radius 2 is 1.48 bits per heavy atom. The van der Waals surface area contributed by atoms with Crippen molar-refractivity contribution >= 4 is 47.1 Å². The summed E-state index contributed by atoms with van der Waals surface area (Å²) in [5.74, 6) is 1.13. The highest BCUT2D eigenvalue weighted by molar-refractivity contribution is 6.35. The molecule has 0 aliphatic carbocycles. The lowest BCUT2D eigenvalue weighted by Crippen LogP contribution is -2.50. The monoisotopic (exact) mass is 442 g/mol. The summed E-state index contributed by atoms with van der Waals surface area (Å²) in [5, 5.41) is 1.33. The molecule has 5 heteroatoms. The fourth-order valence-electron chi connectivity index (χ4n) is 4.58. The van der Waals surface area contributed by atoms with E-state index >= 15 is 0 Å². The van der Waals surface area contributed by atoms with Gasteiger partial charge in [-0.05, 0) is 29.7 Å². The van der Waals surface area contributed by atoms with E-state index in [2.05, 4.69) is 65.6 Å². The third kappa shape index (κ3) is 3.54. The van der Waals surface area contributed by atoms with Gasteiger partial charge in [-0.25, -0.2) is 4.99 Å². The number of piperidine rings is 1. The number of nitrogens with zero attached hydrogens (tertiary/aromatic N) is 2. The van der Waals surface area contributed by atoms with E-state index in [1.807, 2.05) is 12.1 Å². The summed E-state index contributed by atoms with van der Waals surface area (Å²) in [4.78, 5) is 7.31. The smallest absolute Gasteiger partial charge is 0.105 e. The Labute approximate surface area is 187 Å². The Hall–Kier alpha value is -2.00. The highest BCUT2D eigenvalue weighted by atomic mass is 35.5. The van der Waals surface area contributed by atoms with Crippen LogP contribution in [0.1, 0.15) is 29.5 Å². The fraction of sp³-hybridized carbons (Fsp3) is 0.208. The van der Waals surface area contributed by atoms with Crippen LogP contribution in [0, 0.1) is 0 Å². The highest BCUT2D eigenvalue weighted by Gasteiger charge is 2.41. The van der Waals surface area contributed by atoms with Crippen molar-refractivity contribution in [3.05, 3.63) is 99.5 Å². The minimum atomic E-state index is -0.0576. The van der Waals surface area contributed by atoms with Crippen LogP contribution < -0.4 is 0 Å². The molecule has 148 valence electrons. The molecule has 3 aromatic carbocycles. The van der Waals surface area contributed by atoms with Crippen molar-refractivity contribution in [2.75, 3.05) is 6.54 Å². The largest absolute Gasteiger partial charge is 0.354 e. The molecule has 1 saturated heterocycles. The molecule has 0 bridgehead atoms. The van der Waals surface area contributed by atoms with Crippen LogP contribution in [0.5, 0.6) is 0 Å². The zero-order valence-corrected chi connectivity index (χ0v) is 18.1. The van der Waals surface area contributed by atoms with Gasteiger partial charge in [-0.1, -0.05) is 83.9 Å². The maximum absolute atomic E-state index is 6.50. The highest BCUT2D eigenvalue weighted by Crippen LogP contribution is 2.44. The van der Waals surface area contributed by atoms with Crippen LogP contribution in [0.15, 0.2) is 77.8 Å². The summed E-state index contributed by atoms with van der Waals surface area (Å²) in [5.41, 5.74) is 4.63. The molecule has 1 fully saturated rings. The third-order valence-corrected chi connectivity index (χ3v) is 6.54. The molecule has 2 nitrogen and oxygen atoms in total. The van der Waals surface area contributed by atoms with Gasteiger partial charge in [-0.15, -0.1) is 12.4 Å². The first kappa shape index (κ1) is 20.3. The SMILES string of the molecule is Cl.Clc1cc(Cl)c2c(c1)N=C1CCC(c3ccccc3)(c3ccccc3)CN1C2. The molecule has 0 amide bonds. The molecule has 2 aliphatic heterocycles. The van der Waals surface area contributed by atoms with Gasteiger partial charge in [0.05, 0.1) is 5.69 Å². The van der Waals surface area contributed by atoms with Crippen molar-refractivity contribution in [2.45, 2.75) is 24.8 Å². The molecule has 0 atom stereocenters. The van der Waals surface area contributed by atoms with Crippen LogP contribution in [0.4, 0.5) is 5.69 Å². The van der Waals surface area contributed by atoms with Gasteiger partial charge in [0.2, 0.25) is 0 Å². The van der Waals surface area contributed by atoms with Gasteiger partial charge in [-0.2, -0.15) is 0 Å². The van der Waals surface area contributed by atoms with Gasteiger partial charge >= 0.3 is 0 Å². The lowest BCUT2D eigenvalue weighted by Gasteiger charge is -2.46. The normalized spacial score (nSPS) is 16.9. The average Bonchev–Trinajstić information content (AvgIpc) is 2.73. The van der Waals surface area contributed by atoms with Gasteiger partial charge in [0.25, 0.3) is 0 Å². The number of hydrogen-bond donors (Lipinski definition) is 0. The molecular formula is C24H21Cl3N2. The maximum Gasteiger partial charge on any atom is 0.105 e. The number of amidine groups is 1. The van der Waals surface area contributed by atoms with Gasteiger partial charge in [0.1, 0.15) is 5.84 Å². The number of halogens is 3. The second-order valence-electron chi connectivity index (χ2n) is 7.58. The summed E-state index contributed by atoms with van der Waals surface area (Å²) in [6.45, 7) is 1.66. The molecule has 2 heterocycles. The van der Waals surface area contributed by atoms with E-state index in [1.165, 1.54) is 11.1 Å². The second kappa shape index (κ2) is 8.02. The van der Waals surface area contributed by atoms with Crippen molar-refractivity contribution in [1.29, 1.82) is 0 Å². The van der Waals surface area contributed by atoms with E-state index in [4.69, 9.17) is 28.2 Å². The average molecular weight is 444 g/mol. The van der Waals surface area contributed by atoms with E-state index in [9.17, 15) is 0 Å². The van der Waals surface area contributed by atoms with Gasteiger partial charge in [0, 0.05) is 40.5 Å². The van der Waals surface area contributed by atoms with Crippen molar-refractivity contribution in [1.82, 2.24) is 4.90 Å². The summed E-state index contributed by atoms with van der Waals surface area (Å²) in [6, 6.07) is 25.4. The predicted molar refractivity (Wildman–Crippen MR) is 124 cm³/mol.